The molecule has 1 aromatic rings. The molecule has 1 aromatic carbocycles. The van der Waals surface area contributed by atoms with Crippen molar-refractivity contribution in [3.63, 3.8) is 0 Å². The summed E-state index contributed by atoms with van der Waals surface area (Å²) >= 11 is 11.9. The molecule has 0 unspecified atom stereocenters. The molecule has 0 aliphatic carbocycles. The fourth-order valence-corrected chi connectivity index (χ4v) is 2.52. The highest BCUT2D eigenvalue weighted by molar-refractivity contribution is 6.43. The number of hydrogen-bond acceptors (Lipinski definition) is 3. The van der Waals surface area contributed by atoms with E-state index in [0.717, 1.165) is 6.42 Å². The Balaban J connectivity index is 2.81. The van der Waals surface area contributed by atoms with Crippen LogP contribution in [0, 0.1) is 5.41 Å². The van der Waals surface area contributed by atoms with Crippen LogP contribution in [-0.2, 0) is 9.59 Å². The topological polar surface area (TPSA) is 95.5 Å². The van der Waals surface area contributed by atoms with E-state index in [1.165, 1.54) is 6.07 Å². The Kier molecular flexibility index (Phi) is 8.37. The minimum absolute atomic E-state index is 0.0272. The molecule has 1 rings (SSSR count). The molecule has 0 aromatic heterocycles. The SMILES string of the molecule is CC(C)(C)CCNC(=O)[C@@H](CCC(=O)O)NC(=O)c1cccc(Cl)c1Cl. The van der Waals surface area contributed by atoms with Gasteiger partial charge in [-0.1, -0.05) is 50.0 Å². The minimum Gasteiger partial charge on any atom is -0.481 e. The molecule has 0 radical (unpaired) electrons. The number of amides is 2. The van der Waals surface area contributed by atoms with Crippen molar-refractivity contribution in [3.05, 3.63) is 33.8 Å². The standard InChI is InChI=1S/C18H24Cl2N2O4/c1-18(2,3)9-10-21-17(26)13(7-8-14(23)24)22-16(25)11-5-4-6-12(19)15(11)20/h4-6,13H,7-10H2,1-3H3,(H,21,26)(H,22,25)(H,23,24)/t13-/m1/s1. The average molecular weight is 403 g/mol. The molecule has 0 aliphatic heterocycles. The molecule has 2 amide bonds. The molecule has 1 atom stereocenters. The average Bonchev–Trinajstić information content (AvgIpc) is 2.52. The van der Waals surface area contributed by atoms with Gasteiger partial charge in [-0.2, -0.15) is 0 Å². The normalized spacial score (nSPS) is 12.3. The van der Waals surface area contributed by atoms with Crippen molar-refractivity contribution in [3.8, 4) is 0 Å². The Labute approximate surface area is 163 Å². The van der Waals surface area contributed by atoms with Crippen LogP contribution in [0.4, 0.5) is 0 Å². The highest BCUT2D eigenvalue weighted by Crippen LogP contribution is 2.25. The number of benzene rings is 1. The van der Waals surface area contributed by atoms with E-state index in [0.29, 0.717) is 6.54 Å². The first kappa shape index (κ1) is 22.3. The minimum atomic E-state index is -1.05. The maximum Gasteiger partial charge on any atom is 0.303 e. The smallest absolute Gasteiger partial charge is 0.303 e. The number of carbonyl (C=O) groups excluding carboxylic acids is 2. The first-order chi connectivity index (χ1) is 12.0. The van der Waals surface area contributed by atoms with Crippen LogP contribution in [0.5, 0.6) is 0 Å². The molecule has 0 heterocycles. The summed E-state index contributed by atoms with van der Waals surface area (Å²) < 4.78 is 0. The van der Waals surface area contributed by atoms with E-state index < -0.39 is 23.8 Å². The van der Waals surface area contributed by atoms with Crippen molar-refractivity contribution in [1.29, 1.82) is 0 Å². The van der Waals surface area contributed by atoms with Gasteiger partial charge in [-0.3, -0.25) is 14.4 Å². The molecular weight excluding hydrogens is 379 g/mol. The van der Waals surface area contributed by atoms with Crippen LogP contribution in [0.3, 0.4) is 0 Å². The third-order valence-corrected chi connectivity index (χ3v) is 4.46. The van der Waals surface area contributed by atoms with Gasteiger partial charge in [0, 0.05) is 13.0 Å². The van der Waals surface area contributed by atoms with Crippen LogP contribution < -0.4 is 10.6 Å². The van der Waals surface area contributed by atoms with Crippen molar-refractivity contribution in [2.75, 3.05) is 6.54 Å². The van der Waals surface area contributed by atoms with Crippen molar-refractivity contribution in [2.24, 2.45) is 5.41 Å². The molecule has 3 N–H and O–H groups in total. The summed E-state index contributed by atoms with van der Waals surface area (Å²) in [4.78, 5) is 35.7. The third kappa shape index (κ3) is 7.62. The molecular formula is C18H24Cl2N2O4. The molecule has 0 saturated carbocycles. The number of carbonyl (C=O) groups is 3. The highest BCUT2D eigenvalue weighted by atomic mass is 35.5. The number of hydrogen-bond donors (Lipinski definition) is 3. The van der Waals surface area contributed by atoms with Gasteiger partial charge in [0.15, 0.2) is 0 Å². The lowest BCUT2D eigenvalue weighted by atomic mass is 9.92. The maximum absolute atomic E-state index is 12.4. The number of halogens is 2. The second-order valence-corrected chi connectivity index (χ2v) is 7.95. The third-order valence-electron chi connectivity index (χ3n) is 3.64. The van der Waals surface area contributed by atoms with E-state index in [9.17, 15) is 14.4 Å². The Morgan fingerprint density at radius 2 is 1.85 bits per heavy atom. The second kappa shape index (κ2) is 9.78. The largest absolute Gasteiger partial charge is 0.481 e. The van der Waals surface area contributed by atoms with E-state index >= 15 is 0 Å². The predicted octanol–water partition coefficient (Wildman–Crippen LogP) is 3.51. The van der Waals surface area contributed by atoms with E-state index in [1.807, 2.05) is 20.8 Å². The first-order valence-electron chi connectivity index (χ1n) is 8.25. The van der Waals surface area contributed by atoms with Crippen LogP contribution in [0.1, 0.15) is 50.4 Å². The van der Waals surface area contributed by atoms with E-state index in [2.05, 4.69) is 10.6 Å². The molecule has 8 heteroatoms. The van der Waals surface area contributed by atoms with Crippen molar-refractivity contribution >= 4 is 41.0 Å². The molecule has 0 spiro atoms. The number of rotatable bonds is 8. The fraction of sp³-hybridized carbons (Fsp3) is 0.500. The molecule has 0 aliphatic rings. The zero-order valence-corrected chi connectivity index (χ0v) is 16.6. The zero-order chi connectivity index (χ0) is 19.9. The van der Waals surface area contributed by atoms with Crippen LogP contribution in [0.25, 0.3) is 0 Å². The summed E-state index contributed by atoms with van der Waals surface area (Å²) in [5.74, 6) is -2.06. The number of nitrogens with one attached hydrogen (secondary N) is 2. The van der Waals surface area contributed by atoms with Gasteiger partial charge in [0.25, 0.3) is 5.91 Å². The summed E-state index contributed by atoms with van der Waals surface area (Å²) in [6.07, 6.45) is 0.472. The lowest BCUT2D eigenvalue weighted by Gasteiger charge is -2.21. The summed E-state index contributed by atoms with van der Waals surface area (Å²) in [6.45, 7) is 6.57. The van der Waals surface area contributed by atoms with Gasteiger partial charge in [-0.05, 0) is 30.4 Å². The quantitative estimate of drug-likeness (QED) is 0.619. The molecule has 6 nitrogen and oxygen atoms in total. The van der Waals surface area contributed by atoms with Crippen LogP contribution >= 0.6 is 23.2 Å². The number of carboxylic acid groups (broad SMARTS) is 1. The van der Waals surface area contributed by atoms with Crippen molar-refractivity contribution in [2.45, 2.75) is 46.1 Å². The summed E-state index contributed by atoms with van der Waals surface area (Å²) in [6, 6.07) is 3.62. The predicted molar refractivity (Wildman–Crippen MR) is 102 cm³/mol. The Hall–Kier alpha value is -1.79. The lowest BCUT2D eigenvalue weighted by molar-refractivity contribution is -0.137. The van der Waals surface area contributed by atoms with E-state index in [4.69, 9.17) is 28.3 Å². The Morgan fingerprint density at radius 3 is 2.42 bits per heavy atom. The van der Waals surface area contributed by atoms with Gasteiger partial charge >= 0.3 is 5.97 Å². The van der Waals surface area contributed by atoms with Crippen molar-refractivity contribution < 1.29 is 19.5 Å². The zero-order valence-electron chi connectivity index (χ0n) is 15.1. The highest BCUT2D eigenvalue weighted by Gasteiger charge is 2.24. The Morgan fingerprint density at radius 1 is 1.19 bits per heavy atom. The molecule has 0 saturated heterocycles. The van der Waals surface area contributed by atoms with Crippen LogP contribution in [-0.4, -0.2) is 35.5 Å². The van der Waals surface area contributed by atoms with Crippen molar-refractivity contribution in [1.82, 2.24) is 10.6 Å². The fourth-order valence-electron chi connectivity index (χ4n) is 2.14. The lowest BCUT2D eigenvalue weighted by Crippen LogP contribution is -2.47. The van der Waals surface area contributed by atoms with Gasteiger partial charge in [0.1, 0.15) is 6.04 Å². The molecule has 0 bridgehead atoms. The molecule has 26 heavy (non-hydrogen) atoms. The maximum atomic E-state index is 12.4. The molecule has 144 valence electrons. The summed E-state index contributed by atoms with van der Waals surface area (Å²) in [7, 11) is 0. The van der Waals surface area contributed by atoms with Gasteiger partial charge in [0.05, 0.1) is 15.6 Å². The van der Waals surface area contributed by atoms with Gasteiger partial charge < -0.3 is 15.7 Å². The van der Waals surface area contributed by atoms with Gasteiger partial charge in [-0.15, -0.1) is 0 Å². The monoisotopic (exact) mass is 402 g/mol. The van der Waals surface area contributed by atoms with Crippen LogP contribution in [0.15, 0.2) is 18.2 Å². The van der Waals surface area contributed by atoms with Gasteiger partial charge in [-0.25, -0.2) is 0 Å². The van der Waals surface area contributed by atoms with Gasteiger partial charge in [0.2, 0.25) is 5.91 Å². The van der Waals surface area contributed by atoms with E-state index in [-0.39, 0.29) is 33.9 Å². The van der Waals surface area contributed by atoms with E-state index in [1.54, 1.807) is 12.1 Å². The number of carboxylic acids is 1. The second-order valence-electron chi connectivity index (χ2n) is 7.16. The Bertz CT molecular complexity index is 672. The number of aliphatic carboxylic acids is 1. The van der Waals surface area contributed by atoms with Crippen LogP contribution in [0.2, 0.25) is 10.0 Å². The summed E-state index contributed by atoms with van der Waals surface area (Å²) in [5.41, 5.74) is 0.170. The molecule has 0 fully saturated rings. The summed E-state index contributed by atoms with van der Waals surface area (Å²) in [5, 5.41) is 14.5. The first-order valence-corrected chi connectivity index (χ1v) is 9.01.